The Kier molecular flexibility index (Phi) is 4.32. The summed E-state index contributed by atoms with van der Waals surface area (Å²) >= 11 is 0. The topological polar surface area (TPSA) is 91.4 Å². The van der Waals surface area contributed by atoms with Crippen LogP contribution in [0.25, 0.3) is 0 Å². The van der Waals surface area contributed by atoms with Crippen LogP contribution in [-0.2, 0) is 6.54 Å². The monoisotopic (exact) mass is 290 g/mol. The number of ether oxygens (including phenoxy) is 2. The number of nitrogen functional groups attached to an aromatic ring is 1. The molecule has 0 atom stereocenters. The lowest BCUT2D eigenvalue weighted by Gasteiger charge is -2.11. The van der Waals surface area contributed by atoms with Crippen molar-refractivity contribution in [2.45, 2.75) is 13.5 Å². The Bertz CT molecular complexity index is 629. The van der Waals surface area contributed by atoms with E-state index in [1.165, 1.54) is 6.20 Å². The summed E-state index contributed by atoms with van der Waals surface area (Å²) in [7, 11) is 3.09. The number of methoxy groups -OCH3 is 2. The number of rotatable bonds is 5. The molecule has 3 N–H and O–H groups in total. The van der Waals surface area contributed by atoms with Crippen LogP contribution in [0.4, 0.5) is 11.4 Å². The smallest absolute Gasteiger partial charge is 0.276 e. The molecule has 0 aliphatic rings. The lowest BCUT2D eigenvalue weighted by molar-refractivity contribution is 0.101. The molecule has 1 aromatic carbocycles. The van der Waals surface area contributed by atoms with Crippen LogP contribution >= 0.6 is 0 Å². The van der Waals surface area contributed by atoms with Gasteiger partial charge in [0.25, 0.3) is 5.91 Å². The molecule has 0 spiro atoms. The van der Waals surface area contributed by atoms with E-state index in [0.717, 1.165) is 0 Å². The van der Waals surface area contributed by atoms with Crippen molar-refractivity contribution in [3.05, 3.63) is 30.1 Å². The Morgan fingerprint density at radius 1 is 1.29 bits per heavy atom. The molecule has 0 unspecified atom stereocenters. The molecule has 112 valence electrons. The fourth-order valence-electron chi connectivity index (χ4n) is 1.96. The number of carbonyl (C=O) groups excluding carboxylic acids is 1. The lowest BCUT2D eigenvalue weighted by atomic mass is 10.2. The van der Waals surface area contributed by atoms with Gasteiger partial charge in [-0.2, -0.15) is 5.10 Å². The SMILES string of the molecule is CCn1ncc(N)c1C(=O)Nc1cc(OC)cc(OC)c1. The summed E-state index contributed by atoms with van der Waals surface area (Å²) in [6, 6.07) is 5.12. The number of nitrogens with one attached hydrogen (secondary N) is 1. The molecule has 7 nitrogen and oxygen atoms in total. The normalized spacial score (nSPS) is 10.2. The minimum Gasteiger partial charge on any atom is -0.497 e. The van der Waals surface area contributed by atoms with Gasteiger partial charge in [0.1, 0.15) is 17.2 Å². The molecule has 0 saturated carbocycles. The van der Waals surface area contributed by atoms with Crippen molar-refractivity contribution < 1.29 is 14.3 Å². The van der Waals surface area contributed by atoms with Gasteiger partial charge < -0.3 is 20.5 Å². The van der Waals surface area contributed by atoms with Gasteiger partial charge in [-0.05, 0) is 6.92 Å². The Balaban J connectivity index is 2.29. The third kappa shape index (κ3) is 3.07. The van der Waals surface area contributed by atoms with Crippen LogP contribution in [0.15, 0.2) is 24.4 Å². The molecule has 2 rings (SSSR count). The number of nitrogens with two attached hydrogens (primary N) is 1. The second-order valence-corrected chi connectivity index (χ2v) is 4.32. The molecule has 0 radical (unpaired) electrons. The van der Waals surface area contributed by atoms with E-state index in [1.54, 1.807) is 37.1 Å². The predicted molar refractivity (Wildman–Crippen MR) is 79.8 cm³/mol. The van der Waals surface area contributed by atoms with Crippen molar-refractivity contribution in [1.29, 1.82) is 0 Å². The zero-order valence-corrected chi connectivity index (χ0v) is 12.2. The fraction of sp³-hybridized carbons (Fsp3) is 0.286. The number of aromatic nitrogens is 2. The Labute approximate surface area is 122 Å². The van der Waals surface area contributed by atoms with Crippen LogP contribution in [0, 0.1) is 0 Å². The average Bonchev–Trinajstić information content (AvgIpc) is 2.87. The summed E-state index contributed by atoms with van der Waals surface area (Å²) in [6.07, 6.45) is 1.46. The van der Waals surface area contributed by atoms with Crippen LogP contribution in [0.3, 0.4) is 0 Å². The number of hydrogen-bond acceptors (Lipinski definition) is 5. The first-order chi connectivity index (χ1) is 10.1. The molecule has 0 aliphatic heterocycles. The molecule has 2 aromatic rings. The number of aryl methyl sites for hydroxylation is 1. The van der Waals surface area contributed by atoms with E-state index < -0.39 is 0 Å². The van der Waals surface area contributed by atoms with Crippen molar-refractivity contribution in [3.8, 4) is 11.5 Å². The van der Waals surface area contributed by atoms with Crippen LogP contribution < -0.4 is 20.5 Å². The van der Waals surface area contributed by atoms with Gasteiger partial charge in [-0.15, -0.1) is 0 Å². The maximum atomic E-state index is 12.3. The van der Waals surface area contributed by atoms with Crippen molar-refractivity contribution in [1.82, 2.24) is 9.78 Å². The van der Waals surface area contributed by atoms with Crippen LogP contribution in [0.1, 0.15) is 17.4 Å². The molecule has 1 heterocycles. The number of hydrogen-bond donors (Lipinski definition) is 2. The highest BCUT2D eigenvalue weighted by atomic mass is 16.5. The summed E-state index contributed by atoms with van der Waals surface area (Å²) in [4.78, 5) is 12.3. The molecule has 7 heteroatoms. The molecule has 0 saturated heterocycles. The van der Waals surface area contributed by atoms with Crippen LogP contribution in [0.2, 0.25) is 0 Å². The van der Waals surface area contributed by atoms with Crippen molar-refractivity contribution in [2.75, 3.05) is 25.3 Å². The first kappa shape index (κ1) is 14.7. The average molecular weight is 290 g/mol. The third-order valence-corrected chi connectivity index (χ3v) is 2.99. The van der Waals surface area contributed by atoms with Gasteiger partial charge in [0.05, 0.1) is 26.1 Å². The van der Waals surface area contributed by atoms with Crippen LogP contribution in [-0.4, -0.2) is 29.9 Å². The lowest BCUT2D eigenvalue weighted by Crippen LogP contribution is -2.18. The third-order valence-electron chi connectivity index (χ3n) is 2.99. The number of anilines is 2. The highest BCUT2D eigenvalue weighted by Crippen LogP contribution is 2.26. The summed E-state index contributed by atoms with van der Waals surface area (Å²) in [6.45, 7) is 2.44. The van der Waals surface area contributed by atoms with Gasteiger partial charge in [-0.1, -0.05) is 0 Å². The second-order valence-electron chi connectivity index (χ2n) is 4.32. The van der Waals surface area contributed by atoms with Gasteiger partial charge in [0, 0.05) is 30.4 Å². The largest absolute Gasteiger partial charge is 0.497 e. The summed E-state index contributed by atoms with van der Waals surface area (Å²) < 4.78 is 11.9. The van der Waals surface area contributed by atoms with Gasteiger partial charge in [-0.3, -0.25) is 9.48 Å². The summed E-state index contributed by atoms with van der Waals surface area (Å²) in [5.74, 6) is 0.838. The van der Waals surface area contributed by atoms with E-state index in [9.17, 15) is 4.79 Å². The van der Waals surface area contributed by atoms with E-state index in [1.807, 2.05) is 6.92 Å². The van der Waals surface area contributed by atoms with E-state index in [-0.39, 0.29) is 5.91 Å². The van der Waals surface area contributed by atoms with E-state index >= 15 is 0 Å². The number of amides is 1. The standard InChI is InChI=1S/C14H18N4O3/c1-4-18-13(12(15)8-16-18)14(19)17-9-5-10(20-2)7-11(6-9)21-3/h5-8H,4,15H2,1-3H3,(H,17,19). The highest BCUT2D eigenvalue weighted by molar-refractivity contribution is 6.06. The van der Waals surface area contributed by atoms with E-state index in [0.29, 0.717) is 35.1 Å². The predicted octanol–water partition coefficient (Wildman–Crippen LogP) is 1.75. The number of nitrogens with zero attached hydrogens (tertiary/aromatic N) is 2. The molecule has 21 heavy (non-hydrogen) atoms. The van der Waals surface area contributed by atoms with Gasteiger partial charge in [-0.25, -0.2) is 0 Å². The zero-order valence-electron chi connectivity index (χ0n) is 12.2. The zero-order chi connectivity index (χ0) is 15.4. The Hall–Kier alpha value is -2.70. The number of carbonyl (C=O) groups is 1. The van der Waals surface area contributed by atoms with Gasteiger partial charge >= 0.3 is 0 Å². The van der Waals surface area contributed by atoms with Crippen molar-refractivity contribution >= 4 is 17.3 Å². The van der Waals surface area contributed by atoms with Gasteiger partial charge in [0.15, 0.2) is 0 Å². The molecular weight excluding hydrogens is 272 g/mol. The first-order valence-corrected chi connectivity index (χ1v) is 6.44. The Morgan fingerprint density at radius 3 is 2.43 bits per heavy atom. The van der Waals surface area contributed by atoms with E-state index in [4.69, 9.17) is 15.2 Å². The molecule has 1 amide bonds. The molecule has 0 bridgehead atoms. The fourth-order valence-corrected chi connectivity index (χ4v) is 1.96. The Morgan fingerprint density at radius 2 is 1.90 bits per heavy atom. The quantitative estimate of drug-likeness (QED) is 0.875. The first-order valence-electron chi connectivity index (χ1n) is 6.44. The molecule has 0 aliphatic carbocycles. The maximum absolute atomic E-state index is 12.3. The second kappa shape index (κ2) is 6.17. The van der Waals surface area contributed by atoms with Crippen molar-refractivity contribution in [3.63, 3.8) is 0 Å². The minimum atomic E-state index is -0.331. The van der Waals surface area contributed by atoms with Gasteiger partial charge in [0.2, 0.25) is 0 Å². The molecule has 1 aromatic heterocycles. The maximum Gasteiger partial charge on any atom is 0.276 e. The summed E-state index contributed by atoms with van der Waals surface area (Å²) in [5, 5.41) is 6.82. The summed E-state index contributed by atoms with van der Waals surface area (Å²) in [5.41, 5.74) is 7.02. The van der Waals surface area contributed by atoms with Crippen LogP contribution in [0.5, 0.6) is 11.5 Å². The number of benzene rings is 1. The minimum absolute atomic E-state index is 0.331. The van der Waals surface area contributed by atoms with Crippen molar-refractivity contribution in [2.24, 2.45) is 0 Å². The molecular formula is C14H18N4O3. The molecule has 0 fully saturated rings. The van der Waals surface area contributed by atoms with E-state index in [2.05, 4.69) is 10.4 Å². The highest BCUT2D eigenvalue weighted by Gasteiger charge is 2.16.